The molecule has 4 rings (SSSR count). The lowest BCUT2D eigenvalue weighted by atomic mass is 9.87. The van der Waals surface area contributed by atoms with Crippen molar-refractivity contribution in [3.05, 3.63) is 58.7 Å². The van der Waals surface area contributed by atoms with Crippen molar-refractivity contribution in [2.45, 2.75) is 53.0 Å². The van der Waals surface area contributed by atoms with Gasteiger partial charge in [0.05, 0.1) is 17.9 Å². The summed E-state index contributed by atoms with van der Waals surface area (Å²) in [6.45, 7) is 14.0. The molecule has 26 heavy (non-hydrogen) atoms. The Bertz CT molecular complexity index is 856. The molecule has 2 heterocycles. The zero-order valence-electron chi connectivity index (χ0n) is 16.6. The van der Waals surface area contributed by atoms with E-state index in [9.17, 15) is 0 Å². The predicted octanol–water partition coefficient (Wildman–Crippen LogP) is 5.19. The Morgan fingerprint density at radius 1 is 0.962 bits per heavy atom. The van der Waals surface area contributed by atoms with Crippen LogP contribution in [-0.4, -0.2) is 19.0 Å². The molecule has 0 amide bonds. The summed E-state index contributed by atoms with van der Waals surface area (Å²) < 4.78 is 0. The third-order valence-electron chi connectivity index (χ3n) is 5.61. The van der Waals surface area contributed by atoms with Gasteiger partial charge in [0.2, 0.25) is 5.96 Å². The Labute approximate surface area is 157 Å². The van der Waals surface area contributed by atoms with Gasteiger partial charge < -0.3 is 9.80 Å². The van der Waals surface area contributed by atoms with Crippen molar-refractivity contribution in [3.63, 3.8) is 0 Å². The molecule has 136 valence electrons. The molecule has 3 heteroatoms. The topological polar surface area (TPSA) is 18.8 Å². The maximum Gasteiger partial charge on any atom is 0.206 e. The maximum absolute atomic E-state index is 4.87. The normalized spacial score (nSPS) is 16.4. The van der Waals surface area contributed by atoms with Gasteiger partial charge in [0, 0.05) is 13.1 Å². The van der Waals surface area contributed by atoms with Gasteiger partial charge in [-0.2, -0.15) is 0 Å². The number of aliphatic imine (C=N–C) groups is 1. The Morgan fingerprint density at radius 3 is 2.27 bits per heavy atom. The van der Waals surface area contributed by atoms with Crippen LogP contribution in [0.4, 0.5) is 11.4 Å². The van der Waals surface area contributed by atoms with Crippen LogP contribution in [0.2, 0.25) is 0 Å². The second kappa shape index (κ2) is 6.15. The molecule has 0 aromatic heterocycles. The largest absolute Gasteiger partial charge is 0.310 e. The summed E-state index contributed by atoms with van der Waals surface area (Å²) in [4.78, 5) is 9.66. The molecule has 0 radical (unpaired) electrons. The predicted molar refractivity (Wildman–Crippen MR) is 112 cm³/mol. The average molecular weight is 348 g/mol. The van der Waals surface area contributed by atoms with E-state index in [1.807, 2.05) is 0 Å². The molecule has 0 saturated carbocycles. The van der Waals surface area contributed by atoms with Crippen molar-refractivity contribution in [2.75, 3.05) is 22.9 Å². The Morgan fingerprint density at radius 2 is 1.62 bits per heavy atom. The van der Waals surface area contributed by atoms with E-state index in [2.05, 4.69) is 80.8 Å². The van der Waals surface area contributed by atoms with Crippen molar-refractivity contribution in [2.24, 2.45) is 4.99 Å². The molecule has 0 aliphatic carbocycles. The lowest BCUT2D eigenvalue weighted by molar-refractivity contribution is 0.590. The van der Waals surface area contributed by atoms with E-state index in [4.69, 9.17) is 4.99 Å². The highest BCUT2D eigenvalue weighted by Crippen LogP contribution is 2.41. The van der Waals surface area contributed by atoms with Gasteiger partial charge in [0.15, 0.2) is 0 Å². The fraction of sp³-hybridized carbons (Fsp3) is 0.435. The quantitative estimate of drug-likeness (QED) is 0.745. The van der Waals surface area contributed by atoms with Gasteiger partial charge in [0.25, 0.3) is 0 Å². The highest BCUT2D eigenvalue weighted by atomic mass is 15.4. The molecular weight excluding hydrogens is 318 g/mol. The Kier molecular flexibility index (Phi) is 4.06. The summed E-state index contributed by atoms with van der Waals surface area (Å²) in [5.41, 5.74) is 8.22. The molecule has 3 nitrogen and oxygen atoms in total. The molecule has 0 saturated heterocycles. The number of hydrogen-bond donors (Lipinski definition) is 0. The smallest absolute Gasteiger partial charge is 0.206 e. The van der Waals surface area contributed by atoms with Crippen molar-refractivity contribution < 1.29 is 0 Å². The van der Waals surface area contributed by atoms with E-state index in [0.717, 1.165) is 32.0 Å². The molecule has 0 N–H and O–H groups in total. The molecule has 0 spiro atoms. The maximum atomic E-state index is 4.87. The molecule has 2 aromatic rings. The number of nitrogens with zero attached hydrogens (tertiary/aromatic N) is 3. The summed E-state index contributed by atoms with van der Waals surface area (Å²) >= 11 is 0. The first-order chi connectivity index (χ1) is 12.3. The summed E-state index contributed by atoms with van der Waals surface area (Å²) in [6, 6.07) is 13.7. The number of hydrogen-bond acceptors (Lipinski definition) is 3. The van der Waals surface area contributed by atoms with E-state index in [1.54, 1.807) is 0 Å². The van der Waals surface area contributed by atoms with Gasteiger partial charge in [-0.1, -0.05) is 45.0 Å². The van der Waals surface area contributed by atoms with Crippen molar-refractivity contribution in [1.29, 1.82) is 0 Å². The van der Waals surface area contributed by atoms with Gasteiger partial charge in [-0.3, -0.25) is 4.99 Å². The standard InChI is InChI=1S/C23H29N3/c1-16-13-20-21(14-17(16)2)26(22-24-11-6-12-25(20)22)15-18-7-9-19(10-8-18)23(3,4)5/h7-10,13-14H,6,11-12,15H2,1-5H3. The van der Waals surface area contributed by atoms with E-state index in [0.29, 0.717) is 0 Å². The van der Waals surface area contributed by atoms with Crippen LogP contribution in [-0.2, 0) is 12.0 Å². The lowest BCUT2D eigenvalue weighted by Crippen LogP contribution is -2.41. The number of rotatable bonds is 2. The van der Waals surface area contributed by atoms with Gasteiger partial charge in [-0.25, -0.2) is 0 Å². The van der Waals surface area contributed by atoms with Crippen molar-refractivity contribution in [1.82, 2.24) is 0 Å². The first kappa shape index (κ1) is 17.1. The van der Waals surface area contributed by atoms with E-state index < -0.39 is 0 Å². The van der Waals surface area contributed by atoms with Crippen LogP contribution in [0.1, 0.15) is 49.4 Å². The molecule has 0 unspecified atom stereocenters. The second-order valence-electron chi connectivity index (χ2n) is 8.65. The minimum atomic E-state index is 0.192. The fourth-order valence-electron chi connectivity index (χ4n) is 3.83. The third kappa shape index (κ3) is 2.90. The SMILES string of the molecule is Cc1cc2c(cc1C)N(Cc1ccc(C(C)(C)C)cc1)C1=NCCCN12. The second-order valence-corrected chi connectivity index (χ2v) is 8.65. The molecule has 2 aliphatic heterocycles. The van der Waals surface area contributed by atoms with Crippen LogP contribution in [0.15, 0.2) is 41.4 Å². The van der Waals surface area contributed by atoms with Crippen LogP contribution in [0.5, 0.6) is 0 Å². The van der Waals surface area contributed by atoms with Crippen LogP contribution < -0.4 is 9.80 Å². The van der Waals surface area contributed by atoms with Gasteiger partial charge in [-0.05, 0) is 60.1 Å². The Balaban J connectivity index is 1.70. The first-order valence-electron chi connectivity index (χ1n) is 9.65. The third-order valence-corrected chi connectivity index (χ3v) is 5.61. The summed E-state index contributed by atoms with van der Waals surface area (Å²) in [6.07, 6.45) is 1.13. The van der Waals surface area contributed by atoms with Gasteiger partial charge >= 0.3 is 0 Å². The summed E-state index contributed by atoms with van der Waals surface area (Å²) in [5.74, 6) is 1.12. The number of anilines is 2. The number of fused-ring (bicyclic) bond motifs is 3. The fourth-order valence-corrected chi connectivity index (χ4v) is 3.83. The molecule has 0 atom stereocenters. The molecular formula is C23H29N3. The average Bonchev–Trinajstić information content (AvgIpc) is 2.89. The number of benzene rings is 2. The molecule has 2 aliphatic rings. The zero-order valence-corrected chi connectivity index (χ0v) is 16.6. The van der Waals surface area contributed by atoms with Gasteiger partial charge in [0.1, 0.15) is 0 Å². The van der Waals surface area contributed by atoms with E-state index >= 15 is 0 Å². The monoisotopic (exact) mass is 347 g/mol. The van der Waals surface area contributed by atoms with Crippen molar-refractivity contribution >= 4 is 17.3 Å². The minimum absolute atomic E-state index is 0.192. The highest BCUT2D eigenvalue weighted by Gasteiger charge is 2.34. The molecule has 2 aromatic carbocycles. The molecule has 0 bridgehead atoms. The van der Waals surface area contributed by atoms with E-state index in [-0.39, 0.29) is 5.41 Å². The highest BCUT2D eigenvalue weighted by molar-refractivity contribution is 6.16. The Hall–Kier alpha value is -2.29. The lowest BCUT2D eigenvalue weighted by Gasteiger charge is -2.27. The van der Waals surface area contributed by atoms with Crippen molar-refractivity contribution in [3.8, 4) is 0 Å². The molecule has 0 fully saturated rings. The van der Waals surface area contributed by atoms with Gasteiger partial charge in [-0.15, -0.1) is 0 Å². The minimum Gasteiger partial charge on any atom is -0.310 e. The number of guanidine groups is 1. The van der Waals surface area contributed by atoms with Crippen LogP contribution in [0, 0.1) is 13.8 Å². The zero-order chi connectivity index (χ0) is 18.5. The van der Waals surface area contributed by atoms with Crippen LogP contribution in [0.3, 0.4) is 0 Å². The first-order valence-corrected chi connectivity index (χ1v) is 9.65. The van der Waals surface area contributed by atoms with E-state index in [1.165, 1.54) is 33.6 Å². The summed E-state index contributed by atoms with van der Waals surface area (Å²) in [5, 5.41) is 0. The van der Waals surface area contributed by atoms with Crippen LogP contribution >= 0.6 is 0 Å². The number of aryl methyl sites for hydroxylation is 2. The summed E-state index contributed by atoms with van der Waals surface area (Å²) in [7, 11) is 0. The van der Waals surface area contributed by atoms with Crippen LogP contribution in [0.25, 0.3) is 0 Å².